The van der Waals surface area contributed by atoms with E-state index in [1.165, 1.54) is 0 Å². The minimum Gasteiger partial charge on any atom is -0.493 e. The highest BCUT2D eigenvalue weighted by molar-refractivity contribution is 5.76. The Kier molecular flexibility index (Phi) is 6.02. The summed E-state index contributed by atoms with van der Waals surface area (Å²) in [6, 6.07) is 13.7. The Morgan fingerprint density at radius 2 is 1.55 bits per heavy atom. The van der Waals surface area contributed by atoms with Crippen molar-refractivity contribution in [1.82, 2.24) is 9.80 Å². The molecular weight excluding hydrogens is 396 g/mol. The molecule has 2 aromatic carbocycles. The molecule has 7 nitrogen and oxygen atoms in total. The number of amides is 2. The van der Waals surface area contributed by atoms with Crippen molar-refractivity contribution >= 4 is 11.8 Å². The fourth-order valence-corrected chi connectivity index (χ4v) is 4.53. The predicted octanol–water partition coefficient (Wildman–Crippen LogP) is 2.66. The van der Waals surface area contributed by atoms with Gasteiger partial charge in [-0.1, -0.05) is 30.3 Å². The monoisotopic (exact) mass is 424 g/mol. The Balaban J connectivity index is 1.58. The van der Waals surface area contributed by atoms with Crippen LogP contribution in [-0.2, 0) is 22.4 Å². The van der Waals surface area contributed by atoms with Gasteiger partial charge in [-0.15, -0.1) is 0 Å². The van der Waals surface area contributed by atoms with Crippen molar-refractivity contribution in [1.29, 1.82) is 0 Å². The number of nitrogens with zero attached hydrogens (tertiary/aromatic N) is 2. The van der Waals surface area contributed by atoms with Gasteiger partial charge in [0.15, 0.2) is 11.5 Å². The summed E-state index contributed by atoms with van der Waals surface area (Å²) in [5.41, 5.74) is 2.13. The van der Waals surface area contributed by atoms with E-state index in [0.717, 1.165) is 17.5 Å². The molecule has 7 heteroatoms. The first kappa shape index (κ1) is 21.0. The summed E-state index contributed by atoms with van der Waals surface area (Å²) < 4.78 is 16.5. The lowest BCUT2D eigenvalue weighted by atomic mass is 9.95. The van der Waals surface area contributed by atoms with E-state index in [2.05, 4.69) is 12.1 Å². The van der Waals surface area contributed by atoms with Gasteiger partial charge in [-0.05, 0) is 36.1 Å². The van der Waals surface area contributed by atoms with Crippen molar-refractivity contribution in [3.8, 4) is 17.2 Å². The average molecular weight is 424 g/mol. The minimum absolute atomic E-state index is 0.0129. The number of piperazine rings is 1. The second-order valence-corrected chi connectivity index (χ2v) is 8.08. The number of hydrogen-bond donors (Lipinski definition) is 0. The van der Waals surface area contributed by atoms with Gasteiger partial charge in [0, 0.05) is 26.9 Å². The summed E-state index contributed by atoms with van der Waals surface area (Å²) in [5, 5.41) is 0. The van der Waals surface area contributed by atoms with Crippen molar-refractivity contribution in [2.45, 2.75) is 38.8 Å². The standard InChI is InChI=1S/C24H28N2O5/c1-16(27)25-14-21(10-19-11-22(29-3)24-23(12-19)30-15-31-24)26(17(2)28)13-20(25)9-18-7-5-4-6-8-18/h4-8,11-12,20-21H,9-10,13-15H2,1-3H3. The Morgan fingerprint density at radius 1 is 0.935 bits per heavy atom. The highest BCUT2D eigenvalue weighted by Gasteiger charge is 2.36. The van der Waals surface area contributed by atoms with Crippen LogP contribution in [0.15, 0.2) is 42.5 Å². The molecular formula is C24H28N2O5. The van der Waals surface area contributed by atoms with Crippen LogP contribution < -0.4 is 14.2 Å². The molecule has 2 heterocycles. The molecule has 0 saturated carbocycles. The molecule has 2 unspecified atom stereocenters. The summed E-state index contributed by atoms with van der Waals surface area (Å²) in [4.78, 5) is 28.8. The number of rotatable bonds is 5. The number of carbonyl (C=O) groups excluding carboxylic acids is 2. The van der Waals surface area contributed by atoms with E-state index in [4.69, 9.17) is 14.2 Å². The molecule has 2 atom stereocenters. The highest BCUT2D eigenvalue weighted by atomic mass is 16.7. The van der Waals surface area contributed by atoms with Crippen LogP contribution in [0.5, 0.6) is 17.2 Å². The van der Waals surface area contributed by atoms with Crippen LogP contribution >= 0.6 is 0 Å². The molecule has 2 aromatic rings. The van der Waals surface area contributed by atoms with Crippen molar-refractivity contribution in [3.63, 3.8) is 0 Å². The van der Waals surface area contributed by atoms with Crippen molar-refractivity contribution in [3.05, 3.63) is 53.6 Å². The summed E-state index contributed by atoms with van der Waals surface area (Å²) in [5.74, 6) is 1.90. The SMILES string of the molecule is COc1cc(CC2CN(C(C)=O)C(Cc3ccccc3)CN2C(C)=O)cc2c1OCO2. The fourth-order valence-electron chi connectivity index (χ4n) is 4.53. The zero-order valence-electron chi connectivity index (χ0n) is 18.2. The molecule has 2 aliphatic rings. The number of benzene rings is 2. The number of hydrogen-bond acceptors (Lipinski definition) is 5. The van der Waals surface area contributed by atoms with Crippen LogP contribution in [0.3, 0.4) is 0 Å². The molecule has 164 valence electrons. The zero-order valence-corrected chi connectivity index (χ0v) is 18.2. The maximum absolute atomic E-state index is 12.5. The van der Waals surface area contributed by atoms with Crippen LogP contribution in [0.2, 0.25) is 0 Å². The van der Waals surface area contributed by atoms with Crippen molar-refractivity contribution < 1.29 is 23.8 Å². The lowest BCUT2D eigenvalue weighted by molar-refractivity contribution is -0.144. The van der Waals surface area contributed by atoms with Crippen LogP contribution in [0.1, 0.15) is 25.0 Å². The lowest BCUT2D eigenvalue weighted by Crippen LogP contribution is -2.61. The van der Waals surface area contributed by atoms with Crippen LogP contribution in [0, 0.1) is 0 Å². The summed E-state index contributed by atoms with van der Waals surface area (Å²) >= 11 is 0. The number of ether oxygens (including phenoxy) is 3. The number of fused-ring (bicyclic) bond motifs is 1. The van der Waals surface area contributed by atoms with E-state index in [1.807, 2.05) is 40.1 Å². The quantitative estimate of drug-likeness (QED) is 0.738. The molecule has 1 fully saturated rings. The van der Waals surface area contributed by atoms with E-state index in [9.17, 15) is 9.59 Å². The molecule has 0 radical (unpaired) electrons. The largest absolute Gasteiger partial charge is 0.493 e. The predicted molar refractivity (Wildman–Crippen MR) is 115 cm³/mol. The molecule has 4 rings (SSSR count). The fraction of sp³-hybridized carbons (Fsp3) is 0.417. The Hall–Kier alpha value is -3.22. The topological polar surface area (TPSA) is 68.3 Å². The van der Waals surface area contributed by atoms with E-state index in [1.54, 1.807) is 21.0 Å². The maximum atomic E-state index is 12.5. The first-order valence-corrected chi connectivity index (χ1v) is 10.5. The van der Waals surface area contributed by atoms with Gasteiger partial charge < -0.3 is 24.0 Å². The van der Waals surface area contributed by atoms with Gasteiger partial charge in [0.25, 0.3) is 0 Å². The van der Waals surface area contributed by atoms with Gasteiger partial charge in [0.1, 0.15) is 0 Å². The molecule has 31 heavy (non-hydrogen) atoms. The molecule has 0 N–H and O–H groups in total. The Bertz CT molecular complexity index is 962. The molecule has 0 aliphatic carbocycles. The average Bonchev–Trinajstić information content (AvgIpc) is 3.23. The second kappa shape index (κ2) is 8.88. The van der Waals surface area contributed by atoms with Gasteiger partial charge in [-0.3, -0.25) is 9.59 Å². The zero-order chi connectivity index (χ0) is 22.0. The third-order valence-electron chi connectivity index (χ3n) is 6.01. The summed E-state index contributed by atoms with van der Waals surface area (Å²) in [6.07, 6.45) is 1.31. The Morgan fingerprint density at radius 3 is 2.13 bits per heavy atom. The van der Waals surface area contributed by atoms with Gasteiger partial charge in [0.05, 0.1) is 19.2 Å². The van der Waals surface area contributed by atoms with Gasteiger partial charge in [0.2, 0.25) is 24.4 Å². The maximum Gasteiger partial charge on any atom is 0.231 e. The smallest absolute Gasteiger partial charge is 0.231 e. The van der Waals surface area contributed by atoms with Gasteiger partial charge in [-0.2, -0.15) is 0 Å². The number of methoxy groups -OCH3 is 1. The van der Waals surface area contributed by atoms with Crippen LogP contribution in [-0.4, -0.2) is 60.7 Å². The first-order valence-electron chi connectivity index (χ1n) is 10.5. The van der Waals surface area contributed by atoms with Gasteiger partial charge in [-0.25, -0.2) is 0 Å². The van der Waals surface area contributed by atoms with E-state index < -0.39 is 0 Å². The minimum atomic E-state index is -0.126. The molecule has 1 saturated heterocycles. The summed E-state index contributed by atoms with van der Waals surface area (Å²) in [7, 11) is 1.59. The molecule has 2 amide bonds. The second-order valence-electron chi connectivity index (χ2n) is 8.08. The van der Waals surface area contributed by atoms with Crippen LogP contribution in [0.4, 0.5) is 0 Å². The van der Waals surface area contributed by atoms with E-state index in [0.29, 0.717) is 36.8 Å². The van der Waals surface area contributed by atoms with E-state index >= 15 is 0 Å². The highest BCUT2D eigenvalue weighted by Crippen LogP contribution is 2.42. The third kappa shape index (κ3) is 4.45. The molecule has 0 aromatic heterocycles. The molecule has 0 spiro atoms. The summed E-state index contributed by atoms with van der Waals surface area (Å²) in [6.45, 7) is 4.36. The number of carbonyl (C=O) groups is 2. The lowest BCUT2D eigenvalue weighted by Gasteiger charge is -2.46. The van der Waals surface area contributed by atoms with Crippen LogP contribution in [0.25, 0.3) is 0 Å². The first-order chi connectivity index (χ1) is 15.0. The normalized spacial score (nSPS) is 20.0. The Labute approximate surface area is 182 Å². The molecule has 2 aliphatic heterocycles. The van der Waals surface area contributed by atoms with Crippen molar-refractivity contribution in [2.75, 3.05) is 27.0 Å². The molecule has 0 bridgehead atoms. The van der Waals surface area contributed by atoms with Gasteiger partial charge >= 0.3 is 0 Å². The third-order valence-corrected chi connectivity index (χ3v) is 6.01. The van der Waals surface area contributed by atoms with Crippen molar-refractivity contribution in [2.24, 2.45) is 0 Å². The van der Waals surface area contributed by atoms with E-state index in [-0.39, 0.29) is 30.7 Å².